The van der Waals surface area contributed by atoms with Gasteiger partial charge < -0.3 is 13.6 Å². The van der Waals surface area contributed by atoms with Gasteiger partial charge in [0.15, 0.2) is 0 Å². The molecule has 0 aliphatic heterocycles. The molecular weight excluding hydrogens is 574 g/mol. The van der Waals surface area contributed by atoms with Crippen molar-refractivity contribution < 1.29 is 4.42 Å². The molecule has 0 aliphatic rings. The summed E-state index contributed by atoms with van der Waals surface area (Å²) in [6.07, 6.45) is 0. The second-order valence-corrected chi connectivity index (χ2v) is 12.0. The van der Waals surface area contributed by atoms with Gasteiger partial charge in [0.05, 0.1) is 44.4 Å². The summed E-state index contributed by atoms with van der Waals surface area (Å²) >= 11 is 0. The minimum absolute atomic E-state index is 0.604. The van der Waals surface area contributed by atoms with E-state index in [4.69, 9.17) is 4.42 Å². The summed E-state index contributed by atoms with van der Waals surface area (Å²) in [5.74, 6) is 0. The minimum atomic E-state index is 0.604. The van der Waals surface area contributed by atoms with Gasteiger partial charge in [-0.15, -0.1) is 0 Å². The first-order valence-electron chi connectivity index (χ1n) is 15.8. The van der Waals surface area contributed by atoms with Gasteiger partial charge in [-0.2, -0.15) is 5.26 Å². The number of furan rings is 1. The molecule has 218 valence electrons. The van der Waals surface area contributed by atoms with Crippen LogP contribution in [0.5, 0.6) is 0 Å². The molecule has 3 aromatic heterocycles. The highest BCUT2D eigenvalue weighted by Crippen LogP contribution is 2.42. The molecule has 7 aromatic carbocycles. The molecule has 0 N–H and O–H groups in total. The Balaban J connectivity index is 1.21. The lowest BCUT2D eigenvalue weighted by atomic mass is 10.00. The molecule has 0 saturated carbocycles. The van der Waals surface area contributed by atoms with Crippen LogP contribution in [-0.2, 0) is 0 Å². The third-order valence-electron chi connectivity index (χ3n) is 9.57. The van der Waals surface area contributed by atoms with Crippen LogP contribution in [0.15, 0.2) is 156 Å². The third-order valence-corrected chi connectivity index (χ3v) is 9.57. The summed E-state index contributed by atoms with van der Waals surface area (Å²) in [6.45, 7) is 0. The first kappa shape index (κ1) is 25.7. The second kappa shape index (κ2) is 9.71. The molecule has 10 aromatic rings. The monoisotopic (exact) mass is 599 g/mol. The molecule has 0 saturated heterocycles. The molecule has 0 atom stereocenters. The fourth-order valence-electron chi connectivity index (χ4n) is 7.58. The second-order valence-electron chi connectivity index (χ2n) is 12.0. The van der Waals surface area contributed by atoms with Crippen molar-refractivity contribution in [3.63, 3.8) is 0 Å². The third kappa shape index (κ3) is 3.57. The molecule has 0 spiro atoms. The average molecular weight is 600 g/mol. The summed E-state index contributed by atoms with van der Waals surface area (Å²) in [5, 5.41) is 17.4. The van der Waals surface area contributed by atoms with Crippen molar-refractivity contribution in [2.24, 2.45) is 0 Å². The topological polar surface area (TPSA) is 46.8 Å². The first-order valence-corrected chi connectivity index (χ1v) is 15.8. The molecule has 10 rings (SSSR count). The van der Waals surface area contributed by atoms with Gasteiger partial charge in [-0.1, -0.05) is 97.1 Å². The lowest BCUT2D eigenvalue weighted by Crippen LogP contribution is -2.00. The summed E-state index contributed by atoms with van der Waals surface area (Å²) in [5.41, 5.74) is 10.7. The lowest BCUT2D eigenvalue weighted by molar-refractivity contribution is 0.673. The lowest BCUT2D eigenvalue weighted by Gasteiger charge is -2.16. The Morgan fingerprint density at radius 2 is 1.06 bits per heavy atom. The van der Waals surface area contributed by atoms with Crippen molar-refractivity contribution in [1.82, 2.24) is 9.13 Å². The van der Waals surface area contributed by atoms with E-state index in [1.54, 1.807) is 0 Å². The van der Waals surface area contributed by atoms with E-state index in [9.17, 15) is 5.26 Å². The van der Waals surface area contributed by atoms with Crippen LogP contribution in [0.2, 0.25) is 0 Å². The number of aromatic nitrogens is 2. The van der Waals surface area contributed by atoms with Crippen LogP contribution in [0.25, 0.3) is 88.1 Å². The molecule has 4 nitrogen and oxygen atoms in total. The van der Waals surface area contributed by atoms with Crippen LogP contribution in [0.4, 0.5) is 0 Å². The molecular formula is C43H25N3O. The van der Waals surface area contributed by atoms with Gasteiger partial charge in [0.25, 0.3) is 0 Å². The van der Waals surface area contributed by atoms with Crippen molar-refractivity contribution in [3.8, 4) is 28.6 Å². The first-order chi connectivity index (χ1) is 23.3. The highest BCUT2D eigenvalue weighted by Gasteiger charge is 2.21. The highest BCUT2D eigenvalue weighted by molar-refractivity contribution is 6.24. The van der Waals surface area contributed by atoms with Crippen molar-refractivity contribution in [2.45, 2.75) is 0 Å². The molecule has 0 unspecified atom stereocenters. The quantitative estimate of drug-likeness (QED) is 0.203. The number of hydrogen-bond acceptors (Lipinski definition) is 2. The number of nitrogens with zero attached hydrogens (tertiary/aromatic N) is 3. The Morgan fingerprint density at radius 1 is 0.468 bits per heavy atom. The predicted octanol–water partition coefficient (Wildman–Crippen LogP) is 11.3. The van der Waals surface area contributed by atoms with Crippen LogP contribution in [0.3, 0.4) is 0 Å². The Labute approximate surface area is 269 Å². The number of hydrogen-bond donors (Lipinski definition) is 0. The minimum Gasteiger partial charge on any atom is -0.455 e. The van der Waals surface area contributed by atoms with Crippen molar-refractivity contribution in [2.75, 3.05) is 0 Å². The Morgan fingerprint density at radius 3 is 1.81 bits per heavy atom. The maximum atomic E-state index is 10.6. The van der Waals surface area contributed by atoms with E-state index in [-0.39, 0.29) is 0 Å². The van der Waals surface area contributed by atoms with E-state index in [2.05, 4.69) is 143 Å². The summed E-state index contributed by atoms with van der Waals surface area (Å²) in [7, 11) is 0. The van der Waals surface area contributed by atoms with E-state index in [1.807, 2.05) is 24.3 Å². The van der Waals surface area contributed by atoms with Crippen LogP contribution in [0, 0.1) is 11.3 Å². The molecule has 47 heavy (non-hydrogen) atoms. The maximum Gasteiger partial charge on any atom is 0.145 e. The zero-order chi connectivity index (χ0) is 31.1. The van der Waals surface area contributed by atoms with Crippen molar-refractivity contribution >= 4 is 65.6 Å². The van der Waals surface area contributed by atoms with E-state index in [0.717, 1.165) is 77.3 Å². The largest absolute Gasteiger partial charge is 0.455 e. The number of nitriles is 1. The summed E-state index contributed by atoms with van der Waals surface area (Å²) < 4.78 is 11.0. The number of para-hydroxylation sites is 5. The van der Waals surface area contributed by atoms with E-state index >= 15 is 0 Å². The number of rotatable bonds is 3. The summed E-state index contributed by atoms with van der Waals surface area (Å²) in [6, 6.07) is 55.2. The van der Waals surface area contributed by atoms with Crippen LogP contribution in [-0.4, -0.2) is 9.13 Å². The Hall–Kier alpha value is -6.57. The Bertz CT molecular complexity index is 2880. The molecule has 0 fully saturated rings. The maximum absolute atomic E-state index is 10.6. The number of fused-ring (bicyclic) bond motifs is 10. The molecule has 4 heteroatoms. The number of benzene rings is 7. The van der Waals surface area contributed by atoms with E-state index < -0.39 is 0 Å². The molecule has 0 bridgehead atoms. The van der Waals surface area contributed by atoms with Crippen LogP contribution >= 0.6 is 0 Å². The smallest absolute Gasteiger partial charge is 0.145 e. The van der Waals surface area contributed by atoms with Crippen molar-refractivity contribution in [3.05, 3.63) is 157 Å². The molecule has 0 radical (unpaired) electrons. The van der Waals surface area contributed by atoms with Gasteiger partial charge in [0.2, 0.25) is 0 Å². The Kier molecular flexibility index (Phi) is 5.32. The zero-order valence-electron chi connectivity index (χ0n) is 25.2. The van der Waals surface area contributed by atoms with Gasteiger partial charge in [0, 0.05) is 32.5 Å². The van der Waals surface area contributed by atoms with Gasteiger partial charge in [-0.05, 0) is 60.2 Å². The fraction of sp³-hybridized carbons (Fsp3) is 0. The highest BCUT2D eigenvalue weighted by atomic mass is 16.3. The predicted molar refractivity (Wildman–Crippen MR) is 193 cm³/mol. The molecule has 0 amide bonds. The van der Waals surface area contributed by atoms with Gasteiger partial charge in [-0.25, -0.2) is 0 Å². The normalized spacial score (nSPS) is 11.8. The molecule has 3 heterocycles. The summed E-state index contributed by atoms with van der Waals surface area (Å²) in [4.78, 5) is 0. The van der Waals surface area contributed by atoms with Gasteiger partial charge >= 0.3 is 0 Å². The van der Waals surface area contributed by atoms with Crippen LogP contribution in [0.1, 0.15) is 5.56 Å². The van der Waals surface area contributed by atoms with Gasteiger partial charge in [0.1, 0.15) is 17.2 Å². The van der Waals surface area contributed by atoms with Gasteiger partial charge in [-0.3, -0.25) is 0 Å². The van der Waals surface area contributed by atoms with Crippen LogP contribution < -0.4 is 0 Å². The van der Waals surface area contributed by atoms with E-state index in [1.165, 1.54) is 10.8 Å². The molecule has 0 aliphatic carbocycles. The standard InChI is InChI=1S/C43H25N3O/c44-26-28-25-27(29-11-1-6-16-36(29)46-37-17-7-2-12-30(37)31-13-3-8-18-38(31)46)21-23-35(28)45-39-19-9-4-15-34(39)42-40(45)24-22-33-32-14-5-10-20-41(32)47-43(33)42/h1-25H. The average Bonchev–Trinajstić information content (AvgIpc) is 3.79. The zero-order valence-corrected chi connectivity index (χ0v) is 25.2. The SMILES string of the molecule is N#Cc1cc(-c2ccccc2-n2c3ccccc3c3ccccc32)ccc1-n1c2ccccc2c2c3oc4ccccc4c3ccc21. The van der Waals surface area contributed by atoms with Crippen molar-refractivity contribution in [1.29, 1.82) is 5.26 Å². The fourth-order valence-corrected chi connectivity index (χ4v) is 7.58. The van der Waals surface area contributed by atoms with E-state index in [0.29, 0.717) is 5.56 Å².